The lowest BCUT2D eigenvalue weighted by molar-refractivity contribution is -0.137. The number of amides is 2. The van der Waals surface area contributed by atoms with E-state index >= 15 is 0 Å². The Hall–Kier alpha value is -2.64. The molecule has 1 aromatic rings. The maximum absolute atomic E-state index is 11.3. The van der Waals surface area contributed by atoms with Gasteiger partial charge in [0.05, 0.1) is 12.1 Å². The summed E-state index contributed by atoms with van der Waals surface area (Å²) >= 11 is 0. The number of rotatable bonds is 6. The summed E-state index contributed by atoms with van der Waals surface area (Å²) in [5, 5.41) is 13.2. The van der Waals surface area contributed by atoms with Crippen molar-refractivity contribution in [2.75, 3.05) is 18.4 Å². The Labute approximate surface area is 109 Å². The molecule has 19 heavy (non-hydrogen) atoms. The third kappa shape index (κ3) is 4.62. The van der Waals surface area contributed by atoms with E-state index in [0.29, 0.717) is 5.69 Å². The quantitative estimate of drug-likeness (QED) is 0.527. The fraction of sp³-hybridized carbons (Fsp3) is 0.273. The molecule has 0 spiro atoms. The zero-order chi connectivity index (χ0) is 14.4. The average Bonchev–Trinajstić information content (AvgIpc) is 2.33. The first-order chi connectivity index (χ1) is 8.90. The fourth-order valence-corrected chi connectivity index (χ4v) is 1.29. The third-order valence-electron chi connectivity index (χ3n) is 2.15. The molecular weight excluding hydrogens is 252 g/mol. The highest BCUT2D eigenvalue weighted by Crippen LogP contribution is 2.12. The number of carbonyl (C=O) groups is 3. The number of aryl methyl sites for hydroxylation is 1. The summed E-state index contributed by atoms with van der Waals surface area (Å²) in [7, 11) is 0. The van der Waals surface area contributed by atoms with Crippen molar-refractivity contribution in [3.8, 4) is 0 Å². The molecule has 1 rings (SSSR count). The predicted molar refractivity (Wildman–Crippen MR) is 66.6 cm³/mol. The molecule has 5 N–H and O–H groups in total. The van der Waals surface area contributed by atoms with Gasteiger partial charge in [-0.05, 0) is 19.1 Å². The predicted octanol–water partition coefficient (Wildman–Crippen LogP) is -0.898. The molecule has 0 bridgehead atoms. The highest BCUT2D eigenvalue weighted by atomic mass is 16.4. The number of anilines is 1. The van der Waals surface area contributed by atoms with Gasteiger partial charge in [-0.15, -0.1) is 0 Å². The molecule has 102 valence electrons. The Bertz CT molecular complexity index is 515. The Morgan fingerprint density at radius 2 is 2.00 bits per heavy atom. The third-order valence-corrected chi connectivity index (χ3v) is 2.15. The maximum atomic E-state index is 11.3. The lowest BCUT2D eigenvalue weighted by atomic mass is 10.2. The summed E-state index contributed by atoms with van der Waals surface area (Å²) in [6.07, 6.45) is 0. The van der Waals surface area contributed by atoms with Crippen molar-refractivity contribution in [3.05, 3.63) is 23.4 Å². The molecule has 0 saturated heterocycles. The van der Waals surface area contributed by atoms with Gasteiger partial charge in [-0.25, -0.2) is 4.98 Å². The molecule has 0 aliphatic carbocycles. The minimum atomic E-state index is -1.14. The van der Waals surface area contributed by atoms with E-state index < -0.39 is 24.3 Å². The van der Waals surface area contributed by atoms with Crippen LogP contribution >= 0.6 is 0 Å². The van der Waals surface area contributed by atoms with Gasteiger partial charge in [-0.2, -0.15) is 0 Å². The van der Waals surface area contributed by atoms with Crippen LogP contribution in [0.2, 0.25) is 0 Å². The summed E-state index contributed by atoms with van der Waals surface area (Å²) in [6.45, 7) is 1.05. The number of nitrogens with one attached hydrogen (secondary N) is 2. The van der Waals surface area contributed by atoms with Crippen molar-refractivity contribution in [1.29, 1.82) is 0 Å². The van der Waals surface area contributed by atoms with E-state index in [1.165, 1.54) is 6.07 Å². The van der Waals surface area contributed by atoms with Crippen LogP contribution in [0.1, 0.15) is 16.1 Å². The van der Waals surface area contributed by atoms with Crippen LogP contribution in [0.15, 0.2) is 12.1 Å². The molecule has 0 aromatic carbocycles. The fourth-order valence-electron chi connectivity index (χ4n) is 1.29. The van der Waals surface area contributed by atoms with Crippen molar-refractivity contribution < 1.29 is 19.5 Å². The smallest absolute Gasteiger partial charge is 0.322 e. The second-order valence-corrected chi connectivity index (χ2v) is 3.74. The number of hydrogen-bond acceptors (Lipinski definition) is 5. The van der Waals surface area contributed by atoms with Crippen LogP contribution in [0.4, 0.5) is 5.82 Å². The first kappa shape index (κ1) is 14.4. The number of carboxylic acid groups (broad SMARTS) is 1. The van der Waals surface area contributed by atoms with Gasteiger partial charge in [-0.1, -0.05) is 0 Å². The van der Waals surface area contributed by atoms with Gasteiger partial charge in [0.2, 0.25) is 5.91 Å². The summed E-state index contributed by atoms with van der Waals surface area (Å²) in [5.41, 5.74) is 5.99. The highest BCUT2D eigenvalue weighted by Gasteiger charge is 2.11. The van der Waals surface area contributed by atoms with Gasteiger partial charge in [0.25, 0.3) is 5.91 Å². The van der Waals surface area contributed by atoms with Crippen LogP contribution in [-0.2, 0) is 9.59 Å². The molecule has 0 saturated carbocycles. The van der Waals surface area contributed by atoms with Crippen molar-refractivity contribution in [1.82, 2.24) is 10.3 Å². The molecule has 8 heteroatoms. The van der Waals surface area contributed by atoms with Gasteiger partial charge in [-0.3, -0.25) is 14.4 Å². The number of primary amides is 1. The Balaban J connectivity index is 2.66. The lowest BCUT2D eigenvalue weighted by Gasteiger charge is -2.09. The van der Waals surface area contributed by atoms with Gasteiger partial charge < -0.3 is 21.5 Å². The van der Waals surface area contributed by atoms with Crippen LogP contribution in [0.5, 0.6) is 0 Å². The van der Waals surface area contributed by atoms with Gasteiger partial charge in [0, 0.05) is 5.69 Å². The largest absolute Gasteiger partial charge is 0.480 e. The SMILES string of the molecule is Cc1ccc(C(N)=O)c(NCC(=O)NCC(=O)O)n1. The van der Waals surface area contributed by atoms with E-state index in [2.05, 4.69) is 15.6 Å². The van der Waals surface area contributed by atoms with Gasteiger partial charge >= 0.3 is 5.97 Å². The van der Waals surface area contributed by atoms with Crippen molar-refractivity contribution in [3.63, 3.8) is 0 Å². The van der Waals surface area contributed by atoms with Crippen LogP contribution in [0, 0.1) is 6.92 Å². The molecule has 2 amide bonds. The van der Waals surface area contributed by atoms with Crippen LogP contribution in [-0.4, -0.2) is 41.0 Å². The molecule has 1 heterocycles. The molecule has 0 unspecified atom stereocenters. The number of carbonyl (C=O) groups excluding carboxylic acids is 2. The number of pyridine rings is 1. The average molecular weight is 266 g/mol. The minimum Gasteiger partial charge on any atom is -0.480 e. The zero-order valence-corrected chi connectivity index (χ0v) is 10.3. The van der Waals surface area contributed by atoms with E-state index in [1.807, 2.05) is 0 Å². The Morgan fingerprint density at radius 3 is 2.58 bits per heavy atom. The Kier molecular flexibility index (Phi) is 4.81. The van der Waals surface area contributed by atoms with Gasteiger partial charge in [0.1, 0.15) is 12.4 Å². The molecule has 8 nitrogen and oxygen atoms in total. The molecule has 0 fully saturated rings. The van der Waals surface area contributed by atoms with Crippen LogP contribution < -0.4 is 16.4 Å². The normalized spacial score (nSPS) is 9.74. The first-order valence-electron chi connectivity index (χ1n) is 5.40. The van der Waals surface area contributed by atoms with Crippen molar-refractivity contribution in [2.24, 2.45) is 5.73 Å². The number of hydrogen-bond donors (Lipinski definition) is 4. The molecule has 1 aromatic heterocycles. The van der Waals surface area contributed by atoms with E-state index in [4.69, 9.17) is 10.8 Å². The summed E-state index contributed by atoms with van der Waals surface area (Å²) in [4.78, 5) is 36.8. The summed E-state index contributed by atoms with van der Waals surface area (Å²) in [6, 6.07) is 3.12. The molecule has 0 radical (unpaired) electrons. The second-order valence-electron chi connectivity index (χ2n) is 3.74. The highest BCUT2D eigenvalue weighted by molar-refractivity contribution is 5.98. The standard InChI is InChI=1S/C11H14N4O4/c1-6-2-3-7(10(12)19)11(15-6)14-4-8(16)13-5-9(17)18/h2-3H,4-5H2,1H3,(H2,12,19)(H,13,16)(H,14,15)(H,17,18). The van der Waals surface area contributed by atoms with Crippen molar-refractivity contribution >= 4 is 23.6 Å². The molecule has 0 atom stereocenters. The number of aliphatic carboxylic acids is 1. The number of nitrogens with two attached hydrogens (primary N) is 1. The van der Waals surface area contributed by atoms with E-state index in [-0.39, 0.29) is 17.9 Å². The van der Waals surface area contributed by atoms with Crippen LogP contribution in [0.3, 0.4) is 0 Å². The minimum absolute atomic E-state index is 0.164. The number of carboxylic acids is 1. The number of nitrogens with zero attached hydrogens (tertiary/aromatic N) is 1. The Morgan fingerprint density at radius 1 is 1.32 bits per heavy atom. The first-order valence-corrected chi connectivity index (χ1v) is 5.40. The van der Waals surface area contributed by atoms with E-state index in [1.54, 1.807) is 13.0 Å². The lowest BCUT2D eigenvalue weighted by Crippen LogP contribution is -2.34. The molecule has 0 aliphatic heterocycles. The van der Waals surface area contributed by atoms with Crippen LogP contribution in [0.25, 0.3) is 0 Å². The zero-order valence-electron chi connectivity index (χ0n) is 10.3. The van der Waals surface area contributed by atoms with E-state index in [0.717, 1.165) is 0 Å². The number of aromatic nitrogens is 1. The summed E-state index contributed by atoms with van der Waals surface area (Å²) in [5.74, 6) is -2.14. The second kappa shape index (κ2) is 6.34. The van der Waals surface area contributed by atoms with Gasteiger partial charge in [0.15, 0.2) is 0 Å². The van der Waals surface area contributed by atoms with E-state index in [9.17, 15) is 14.4 Å². The maximum Gasteiger partial charge on any atom is 0.322 e. The summed E-state index contributed by atoms with van der Waals surface area (Å²) < 4.78 is 0. The van der Waals surface area contributed by atoms with Crippen molar-refractivity contribution in [2.45, 2.75) is 6.92 Å². The molecular formula is C11H14N4O4. The molecule has 0 aliphatic rings. The monoisotopic (exact) mass is 266 g/mol. The topological polar surface area (TPSA) is 134 Å².